The normalized spacial score (nSPS) is 24.1. The van der Waals surface area contributed by atoms with E-state index in [1.807, 2.05) is 30.3 Å². The van der Waals surface area contributed by atoms with E-state index in [2.05, 4.69) is 15.9 Å². The van der Waals surface area contributed by atoms with Crippen molar-refractivity contribution in [1.29, 1.82) is 0 Å². The predicted octanol–water partition coefficient (Wildman–Crippen LogP) is 2.67. The highest BCUT2D eigenvalue weighted by Crippen LogP contribution is 2.39. The van der Waals surface area contributed by atoms with Gasteiger partial charge in [-0.25, -0.2) is 4.98 Å². The van der Waals surface area contributed by atoms with Crippen LogP contribution in [0.3, 0.4) is 0 Å². The first-order valence-corrected chi connectivity index (χ1v) is 10.1. The Balaban J connectivity index is 1.52. The Morgan fingerprint density at radius 2 is 2.19 bits per heavy atom. The Hall–Kier alpha value is -3.12. The van der Waals surface area contributed by atoms with Crippen LogP contribution in [0.1, 0.15) is 31.1 Å². The SMILES string of the molecule is C#C[C@]1(COC(=O)[C@H](C)c2ccccc2)O[C@@H](n2ccc3c(N)nc(Cl)nc32)C[C@@H]1O. The van der Waals surface area contributed by atoms with Crippen LogP contribution < -0.4 is 5.73 Å². The number of carbonyl (C=O) groups excluding carboxylic acids is 1. The minimum Gasteiger partial charge on any atom is -0.461 e. The van der Waals surface area contributed by atoms with Crippen LogP contribution >= 0.6 is 11.6 Å². The summed E-state index contributed by atoms with van der Waals surface area (Å²) in [5, 5.41) is 11.3. The second kappa shape index (κ2) is 8.19. The van der Waals surface area contributed by atoms with E-state index in [4.69, 9.17) is 33.2 Å². The molecule has 1 saturated heterocycles. The summed E-state index contributed by atoms with van der Waals surface area (Å²) in [5.41, 5.74) is 5.69. The molecule has 3 N–H and O–H groups in total. The van der Waals surface area contributed by atoms with Gasteiger partial charge in [0.1, 0.15) is 30.4 Å². The molecule has 2 aromatic heterocycles. The van der Waals surface area contributed by atoms with E-state index < -0.39 is 29.8 Å². The smallest absolute Gasteiger partial charge is 0.313 e. The molecule has 0 saturated carbocycles. The van der Waals surface area contributed by atoms with E-state index in [1.54, 1.807) is 23.8 Å². The minimum atomic E-state index is -1.49. The van der Waals surface area contributed by atoms with Crippen molar-refractivity contribution in [3.8, 4) is 12.3 Å². The number of nitrogens with two attached hydrogens (primary N) is 1. The van der Waals surface area contributed by atoms with E-state index in [9.17, 15) is 9.90 Å². The summed E-state index contributed by atoms with van der Waals surface area (Å²) in [6, 6.07) is 11.0. The largest absolute Gasteiger partial charge is 0.461 e. The second-order valence-electron chi connectivity index (χ2n) is 7.44. The number of carbonyl (C=O) groups is 1. The van der Waals surface area contributed by atoms with Crippen LogP contribution in [-0.4, -0.2) is 43.9 Å². The van der Waals surface area contributed by atoms with Crippen LogP contribution in [0.2, 0.25) is 5.28 Å². The quantitative estimate of drug-likeness (QED) is 0.356. The average molecular weight is 441 g/mol. The molecule has 0 amide bonds. The first-order chi connectivity index (χ1) is 14.8. The van der Waals surface area contributed by atoms with Crippen molar-refractivity contribution in [3.63, 3.8) is 0 Å². The summed E-state index contributed by atoms with van der Waals surface area (Å²) in [4.78, 5) is 20.7. The van der Waals surface area contributed by atoms with E-state index >= 15 is 0 Å². The topological polar surface area (TPSA) is 112 Å². The summed E-state index contributed by atoms with van der Waals surface area (Å²) in [5.74, 6) is 1.77. The maximum absolute atomic E-state index is 12.5. The third kappa shape index (κ3) is 3.83. The fourth-order valence-electron chi connectivity index (χ4n) is 3.67. The van der Waals surface area contributed by atoms with Crippen molar-refractivity contribution in [3.05, 3.63) is 53.4 Å². The molecule has 0 unspecified atom stereocenters. The Morgan fingerprint density at radius 1 is 1.45 bits per heavy atom. The third-order valence-electron chi connectivity index (χ3n) is 5.52. The highest BCUT2D eigenvalue weighted by atomic mass is 35.5. The Labute approximate surface area is 183 Å². The van der Waals surface area contributed by atoms with E-state index in [-0.39, 0.29) is 24.1 Å². The second-order valence-corrected chi connectivity index (χ2v) is 7.77. The van der Waals surface area contributed by atoms with Crippen molar-refractivity contribution in [2.45, 2.75) is 37.2 Å². The first kappa shape index (κ1) is 21.1. The number of terminal acetylenes is 1. The summed E-state index contributed by atoms with van der Waals surface area (Å²) < 4.78 is 13.2. The van der Waals surface area contributed by atoms with Gasteiger partial charge >= 0.3 is 5.97 Å². The average Bonchev–Trinajstić information content (AvgIpc) is 3.33. The van der Waals surface area contributed by atoms with Crippen molar-refractivity contribution in [2.24, 2.45) is 0 Å². The number of aliphatic hydroxyl groups is 1. The summed E-state index contributed by atoms with van der Waals surface area (Å²) in [6.45, 7) is 1.46. The molecule has 1 aliphatic heterocycles. The molecule has 1 aromatic carbocycles. The summed E-state index contributed by atoms with van der Waals surface area (Å²) in [6.07, 6.45) is 5.87. The number of hydrogen-bond acceptors (Lipinski definition) is 7. The summed E-state index contributed by atoms with van der Waals surface area (Å²) in [7, 11) is 0. The number of aromatic nitrogens is 3. The van der Waals surface area contributed by atoms with Gasteiger partial charge in [0.25, 0.3) is 0 Å². The number of benzene rings is 1. The van der Waals surface area contributed by atoms with Gasteiger partial charge in [0.2, 0.25) is 5.28 Å². The Morgan fingerprint density at radius 3 is 2.90 bits per heavy atom. The number of aliphatic hydroxyl groups excluding tert-OH is 1. The highest BCUT2D eigenvalue weighted by molar-refractivity contribution is 6.28. The Kier molecular flexibility index (Phi) is 5.58. The molecule has 3 aromatic rings. The summed E-state index contributed by atoms with van der Waals surface area (Å²) >= 11 is 5.94. The zero-order valence-corrected chi connectivity index (χ0v) is 17.5. The fourth-order valence-corrected chi connectivity index (χ4v) is 3.84. The predicted molar refractivity (Wildman–Crippen MR) is 115 cm³/mol. The molecule has 0 aliphatic carbocycles. The highest BCUT2D eigenvalue weighted by Gasteiger charge is 2.49. The lowest BCUT2D eigenvalue weighted by molar-refractivity contribution is -0.157. The van der Waals surface area contributed by atoms with Crippen LogP contribution in [0, 0.1) is 12.3 Å². The number of ether oxygens (including phenoxy) is 2. The number of nitrogens with zero attached hydrogens (tertiary/aromatic N) is 3. The Bertz CT molecular complexity index is 1160. The third-order valence-corrected chi connectivity index (χ3v) is 5.69. The van der Waals surface area contributed by atoms with Crippen LogP contribution in [0.15, 0.2) is 42.6 Å². The van der Waals surface area contributed by atoms with E-state index in [0.29, 0.717) is 11.0 Å². The number of halogens is 1. The molecular formula is C22H21ClN4O4. The molecule has 160 valence electrons. The van der Waals surface area contributed by atoms with Crippen molar-refractivity contribution >= 4 is 34.4 Å². The molecule has 9 heteroatoms. The molecule has 0 bridgehead atoms. The van der Waals surface area contributed by atoms with Gasteiger partial charge in [-0.15, -0.1) is 6.42 Å². The van der Waals surface area contributed by atoms with E-state index in [1.165, 1.54) is 0 Å². The standard InChI is InChI=1S/C22H21ClN4O4/c1-3-22(12-30-20(29)13(2)14-7-5-4-6-8-14)16(28)11-17(31-22)27-10-9-15-18(24)25-21(23)26-19(15)27/h1,4-10,13,16-17,28H,11-12H2,2H3,(H2,24,25,26)/t13-,16+,17-,22-/m1/s1. The maximum Gasteiger partial charge on any atom is 0.313 e. The van der Waals surface area contributed by atoms with Gasteiger partial charge in [0.15, 0.2) is 5.60 Å². The van der Waals surface area contributed by atoms with Gasteiger partial charge in [0, 0.05) is 12.6 Å². The lowest BCUT2D eigenvalue weighted by Crippen LogP contribution is -2.43. The van der Waals surface area contributed by atoms with E-state index in [0.717, 1.165) is 5.56 Å². The van der Waals surface area contributed by atoms with Gasteiger partial charge in [-0.05, 0) is 30.2 Å². The number of nitrogen functional groups attached to an aromatic ring is 1. The van der Waals surface area contributed by atoms with Crippen LogP contribution in [0.25, 0.3) is 11.0 Å². The van der Waals surface area contributed by atoms with Crippen molar-refractivity contribution in [2.75, 3.05) is 12.3 Å². The zero-order valence-electron chi connectivity index (χ0n) is 16.7. The van der Waals surface area contributed by atoms with Crippen LogP contribution in [-0.2, 0) is 14.3 Å². The fraction of sp³-hybridized carbons (Fsp3) is 0.318. The first-order valence-electron chi connectivity index (χ1n) is 9.69. The molecular weight excluding hydrogens is 420 g/mol. The molecule has 8 nitrogen and oxygen atoms in total. The maximum atomic E-state index is 12.5. The zero-order chi connectivity index (χ0) is 22.2. The number of anilines is 1. The molecule has 0 spiro atoms. The molecule has 31 heavy (non-hydrogen) atoms. The molecule has 4 atom stereocenters. The van der Waals surface area contributed by atoms with Gasteiger partial charge in [-0.1, -0.05) is 36.3 Å². The number of esters is 1. The molecule has 4 rings (SSSR count). The van der Waals surface area contributed by atoms with Crippen molar-refractivity contribution in [1.82, 2.24) is 14.5 Å². The molecule has 1 aliphatic rings. The monoisotopic (exact) mass is 440 g/mol. The minimum absolute atomic E-state index is 0.00413. The lowest BCUT2D eigenvalue weighted by atomic mass is 9.98. The van der Waals surface area contributed by atoms with Gasteiger partial charge < -0.3 is 24.9 Å². The number of rotatable bonds is 5. The van der Waals surface area contributed by atoms with Crippen LogP contribution in [0.4, 0.5) is 5.82 Å². The van der Waals surface area contributed by atoms with Gasteiger partial charge in [0.05, 0.1) is 11.3 Å². The molecule has 3 heterocycles. The molecule has 0 radical (unpaired) electrons. The number of fused-ring (bicyclic) bond motifs is 1. The number of hydrogen-bond donors (Lipinski definition) is 2. The van der Waals surface area contributed by atoms with Gasteiger partial charge in [-0.3, -0.25) is 4.79 Å². The van der Waals surface area contributed by atoms with Crippen LogP contribution in [0.5, 0.6) is 0 Å². The van der Waals surface area contributed by atoms with Gasteiger partial charge in [-0.2, -0.15) is 4.98 Å². The van der Waals surface area contributed by atoms with Crippen molar-refractivity contribution < 1.29 is 19.4 Å². The lowest BCUT2D eigenvalue weighted by Gasteiger charge is -2.27. The molecule has 1 fully saturated rings.